The Kier molecular flexibility index (Phi) is 5.67. The smallest absolute Gasteiger partial charge is 0.244 e. The number of carbonyl (C=O) groups excluding carboxylic acids is 1. The van der Waals surface area contributed by atoms with E-state index >= 15 is 0 Å². The highest BCUT2D eigenvalue weighted by molar-refractivity contribution is 5.91. The first kappa shape index (κ1) is 13.9. The molecule has 102 valence electrons. The van der Waals surface area contributed by atoms with Gasteiger partial charge in [-0.25, -0.2) is 0 Å². The zero-order valence-corrected chi connectivity index (χ0v) is 11.5. The maximum atomic E-state index is 11.9. The number of benzene rings is 1. The topological polar surface area (TPSA) is 29.1 Å². The third-order valence-electron chi connectivity index (χ3n) is 3.68. The second-order valence-electron chi connectivity index (χ2n) is 5.29. The average Bonchev–Trinajstić information content (AvgIpc) is 2.41. The Morgan fingerprint density at radius 1 is 1.00 bits per heavy atom. The van der Waals surface area contributed by atoms with Crippen molar-refractivity contribution in [3.05, 3.63) is 42.0 Å². The number of amides is 1. The minimum Gasteiger partial charge on any atom is -0.350 e. The predicted octanol–water partition coefficient (Wildman–Crippen LogP) is 3.93. The highest BCUT2D eigenvalue weighted by Gasteiger charge is 2.12. The molecule has 0 aromatic heterocycles. The zero-order valence-electron chi connectivity index (χ0n) is 11.5. The monoisotopic (exact) mass is 257 g/mol. The number of hydrogen-bond donors (Lipinski definition) is 1. The van der Waals surface area contributed by atoms with Crippen LogP contribution in [0.2, 0.25) is 0 Å². The fourth-order valence-corrected chi connectivity index (χ4v) is 2.59. The predicted molar refractivity (Wildman–Crippen MR) is 79.7 cm³/mol. The fraction of sp³-hybridized carbons (Fsp3) is 0.471. The van der Waals surface area contributed by atoms with Gasteiger partial charge in [-0.3, -0.25) is 4.79 Å². The molecule has 0 saturated heterocycles. The molecule has 1 amide bonds. The van der Waals surface area contributed by atoms with Crippen molar-refractivity contribution < 1.29 is 4.79 Å². The highest BCUT2D eigenvalue weighted by atomic mass is 16.1. The van der Waals surface area contributed by atoms with Crippen LogP contribution in [0.25, 0.3) is 6.08 Å². The van der Waals surface area contributed by atoms with Gasteiger partial charge in [0, 0.05) is 12.1 Å². The van der Waals surface area contributed by atoms with Crippen molar-refractivity contribution >= 4 is 12.0 Å². The Labute approximate surface area is 115 Å². The SMILES string of the molecule is O=C(C=Cc1ccccc1)NC1CCCCCCC1. The molecule has 0 bridgehead atoms. The standard InChI is InChI=1S/C17H23NO/c19-17(14-13-15-9-5-4-6-10-15)18-16-11-7-2-1-3-8-12-16/h4-6,9-10,13-14,16H,1-3,7-8,11-12H2,(H,18,19). The number of carbonyl (C=O) groups is 1. The molecule has 0 aliphatic heterocycles. The first-order valence-corrected chi connectivity index (χ1v) is 7.38. The maximum absolute atomic E-state index is 11.9. The Morgan fingerprint density at radius 2 is 1.63 bits per heavy atom. The summed E-state index contributed by atoms with van der Waals surface area (Å²) in [5.74, 6) is 0.0365. The largest absolute Gasteiger partial charge is 0.350 e. The second-order valence-corrected chi connectivity index (χ2v) is 5.29. The summed E-state index contributed by atoms with van der Waals surface area (Å²) in [5.41, 5.74) is 1.07. The van der Waals surface area contributed by atoms with Crippen molar-refractivity contribution in [1.82, 2.24) is 5.32 Å². The van der Waals surface area contributed by atoms with Crippen molar-refractivity contribution in [1.29, 1.82) is 0 Å². The van der Waals surface area contributed by atoms with Crippen LogP contribution in [0.3, 0.4) is 0 Å². The van der Waals surface area contributed by atoms with E-state index in [9.17, 15) is 4.79 Å². The normalized spacial score (nSPS) is 17.9. The molecule has 1 N–H and O–H groups in total. The first-order valence-electron chi connectivity index (χ1n) is 7.38. The Balaban J connectivity index is 1.81. The van der Waals surface area contributed by atoms with E-state index in [1.807, 2.05) is 36.4 Å². The van der Waals surface area contributed by atoms with Crippen LogP contribution >= 0.6 is 0 Å². The molecule has 19 heavy (non-hydrogen) atoms. The maximum Gasteiger partial charge on any atom is 0.244 e. The molecule has 2 nitrogen and oxygen atoms in total. The molecule has 1 fully saturated rings. The molecule has 0 spiro atoms. The van der Waals surface area contributed by atoms with Crippen LogP contribution in [0.5, 0.6) is 0 Å². The van der Waals surface area contributed by atoms with E-state index in [1.165, 1.54) is 32.1 Å². The molecular weight excluding hydrogens is 234 g/mol. The van der Waals surface area contributed by atoms with E-state index in [0.717, 1.165) is 18.4 Å². The van der Waals surface area contributed by atoms with Gasteiger partial charge in [0.2, 0.25) is 5.91 Å². The number of nitrogens with one attached hydrogen (secondary N) is 1. The second kappa shape index (κ2) is 7.78. The summed E-state index contributed by atoms with van der Waals surface area (Å²) in [6, 6.07) is 10.3. The average molecular weight is 257 g/mol. The zero-order chi connectivity index (χ0) is 13.3. The Hall–Kier alpha value is -1.57. The number of hydrogen-bond acceptors (Lipinski definition) is 1. The quantitative estimate of drug-likeness (QED) is 0.817. The Morgan fingerprint density at radius 3 is 2.32 bits per heavy atom. The summed E-state index contributed by atoms with van der Waals surface area (Å²) in [4.78, 5) is 11.9. The fourth-order valence-electron chi connectivity index (χ4n) is 2.59. The lowest BCUT2D eigenvalue weighted by atomic mass is 9.97. The van der Waals surface area contributed by atoms with Crippen LogP contribution in [0, 0.1) is 0 Å². The van der Waals surface area contributed by atoms with Gasteiger partial charge in [0.1, 0.15) is 0 Å². The van der Waals surface area contributed by atoms with Crippen molar-refractivity contribution in [2.24, 2.45) is 0 Å². The van der Waals surface area contributed by atoms with E-state index in [-0.39, 0.29) is 5.91 Å². The van der Waals surface area contributed by atoms with Crippen molar-refractivity contribution in [3.63, 3.8) is 0 Å². The van der Waals surface area contributed by atoms with Gasteiger partial charge in [-0.15, -0.1) is 0 Å². The summed E-state index contributed by atoms with van der Waals surface area (Å²) < 4.78 is 0. The van der Waals surface area contributed by atoms with Gasteiger partial charge in [0.15, 0.2) is 0 Å². The van der Waals surface area contributed by atoms with Crippen LogP contribution in [0.15, 0.2) is 36.4 Å². The lowest BCUT2D eigenvalue weighted by Crippen LogP contribution is -2.34. The van der Waals surface area contributed by atoms with Crippen LogP contribution in [0.1, 0.15) is 50.5 Å². The molecule has 0 unspecified atom stereocenters. The van der Waals surface area contributed by atoms with Crippen LogP contribution in [0.4, 0.5) is 0 Å². The lowest BCUT2D eigenvalue weighted by Gasteiger charge is -2.20. The molecule has 1 aliphatic carbocycles. The van der Waals surface area contributed by atoms with Gasteiger partial charge in [-0.2, -0.15) is 0 Å². The van der Waals surface area contributed by atoms with Gasteiger partial charge in [-0.05, 0) is 24.5 Å². The molecule has 0 radical (unpaired) electrons. The van der Waals surface area contributed by atoms with E-state index in [2.05, 4.69) is 5.32 Å². The van der Waals surface area contributed by atoms with Gasteiger partial charge < -0.3 is 5.32 Å². The van der Waals surface area contributed by atoms with Crippen LogP contribution < -0.4 is 5.32 Å². The lowest BCUT2D eigenvalue weighted by molar-refractivity contribution is -0.117. The summed E-state index contributed by atoms with van der Waals surface area (Å²) in [6.45, 7) is 0. The molecule has 1 saturated carbocycles. The van der Waals surface area contributed by atoms with E-state index in [0.29, 0.717) is 6.04 Å². The molecule has 2 heteroatoms. The van der Waals surface area contributed by atoms with Gasteiger partial charge >= 0.3 is 0 Å². The number of rotatable bonds is 3. The molecule has 1 aliphatic rings. The summed E-state index contributed by atoms with van der Waals surface area (Å²) >= 11 is 0. The third kappa shape index (κ3) is 5.29. The first-order chi connectivity index (χ1) is 9.34. The van der Waals surface area contributed by atoms with Crippen molar-refractivity contribution in [3.8, 4) is 0 Å². The Bertz CT molecular complexity index is 403. The van der Waals surface area contributed by atoms with E-state index < -0.39 is 0 Å². The summed E-state index contributed by atoms with van der Waals surface area (Å²) in [7, 11) is 0. The van der Waals surface area contributed by atoms with E-state index in [1.54, 1.807) is 6.08 Å². The summed E-state index contributed by atoms with van der Waals surface area (Å²) in [6.07, 6.45) is 12.2. The highest BCUT2D eigenvalue weighted by Crippen LogP contribution is 2.17. The molecule has 0 heterocycles. The molecule has 2 rings (SSSR count). The minimum absolute atomic E-state index is 0.0365. The van der Waals surface area contributed by atoms with Gasteiger partial charge in [0.05, 0.1) is 0 Å². The molecular formula is C17H23NO. The minimum atomic E-state index is 0.0365. The molecule has 0 atom stereocenters. The van der Waals surface area contributed by atoms with Crippen LogP contribution in [-0.2, 0) is 4.79 Å². The molecule has 1 aromatic carbocycles. The van der Waals surface area contributed by atoms with Crippen molar-refractivity contribution in [2.45, 2.75) is 51.0 Å². The van der Waals surface area contributed by atoms with Gasteiger partial charge in [0.25, 0.3) is 0 Å². The summed E-state index contributed by atoms with van der Waals surface area (Å²) in [5, 5.41) is 3.13. The molecule has 1 aromatic rings. The van der Waals surface area contributed by atoms with Gasteiger partial charge in [-0.1, -0.05) is 62.4 Å². The van der Waals surface area contributed by atoms with Crippen molar-refractivity contribution in [2.75, 3.05) is 0 Å². The van der Waals surface area contributed by atoms with Crippen LogP contribution in [-0.4, -0.2) is 11.9 Å². The third-order valence-corrected chi connectivity index (χ3v) is 3.68. The van der Waals surface area contributed by atoms with E-state index in [4.69, 9.17) is 0 Å².